The minimum atomic E-state index is 0.547. The van der Waals surface area contributed by atoms with E-state index in [1.165, 1.54) is 55.2 Å². The molecule has 0 amide bonds. The van der Waals surface area contributed by atoms with E-state index < -0.39 is 0 Å². The molecule has 0 spiro atoms. The Kier molecular flexibility index (Phi) is 5.45. The van der Waals surface area contributed by atoms with Crippen molar-refractivity contribution in [3.05, 3.63) is 34.9 Å². The lowest BCUT2D eigenvalue weighted by Crippen LogP contribution is -2.22. The summed E-state index contributed by atoms with van der Waals surface area (Å²) < 4.78 is 0. The number of nitrogens with one attached hydrogen (secondary N) is 1. The number of benzene rings is 1. The number of aryl methyl sites for hydroxylation is 2. The lowest BCUT2D eigenvalue weighted by Gasteiger charge is -2.22. The Labute approximate surface area is 118 Å². The van der Waals surface area contributed by atoms with Gasteiger partial charge in [0.1, 0.15) is 0 Å². The molecule has 1 heteroatoms. The van der Waals surface area contributed by atoms with E-state index >= 15 is 0 Å². The van der Waals surface area contributed by atoms with Gasteiger partial charge in [0.15, 0.2) is 0 Å². The van der Waals surface area contributed by atoms with E-state index in [0.29, 0.717) is 6.04 Å². The second kappa shape index (κ2) is 7.09. The first kappa shape index (κ1) is 14.6. The van der Waals surface area contributed by atoms with Crippen LogP contribution in [0.2, 0.25) is 0 Å². The van der Waals surface area contributed by atoms with Gasteiger partial charge >= 0.3 is 0 Å². The molecule has 0 aromatic heterocycles. The van der Waals surface area contributed by atoms with E-state index in [0.717, 1.165) is 12.5 Å². The average molecular weight is 259 g/mol. The third-order valence-electron chi connectivity index (χ3n) is 4.60. The van der Waals surface area contributed by atoms with E-state index in [1.807, 2.05) is 0 Å². The summed E-state index contributed by atoms with van der Waals surface area (Å²) in [5, 5.41) is 3.69. The van der Waals surface area contributed by atoms with Crippen LogP contribution >= 0.6 is 0 Å². The van der Waals surface area contributed by atoms with Gasteiger partial charge in [-0.15, -0.1) is 0 Å². The predicted molar refractivity (Wildman–Crippen MR) is 83.5 cm³/mol. The quantitative estimate of drug-likeness (QED) is 0.764. The second-order valence-corrected chi connectivity index (χ2v) is 6.20. The van der Waals surface area contributed by atoms with Crippen LogP contribution in [0.5, 0.6) is 0 Å². The normalized spacial score (nSPS) is 17.8. The highest BCUT2D eigenvalue weighted by Gasteiger charge is 2.18. The molecular weight excluding hydrogens is 230 g/mol. The Hall–Kier alpha value is -0.820. The Morgan fingerprint density at radius 2 is 1.95 bits per heavy atom. The molecule has 1 atom stereocenters. The molecule has 1 aromatic rings. The molecule has 19 heavy (non-hydrogen) atoms. The first-order chi connectivity index (χ1) is 9.20. The molecule has 106 valence electrons. The minimum Gasteiger partial charge on any atom is -0.310 e. The molecule has 1 unspecified atom stereocenters. The molecular formula is C18H29N. The van der Waals surface area contributed by atoms with E-state index in [-0.39, 0.29) is 0 Å². The van der Waals surface area contributed by atoms with Crippen molar-refractivity contribution in [1.29, 1.82) is 0 Å². The lowest BCUT2D eigenvalue weighted by atomic mass is 9.92. The van der Waals surface area contributed by atoms with Crippen LogP contribution in [0.3, 0.4) is 0 Å². The van der Waals surface area contributed by atoms with Gasteiger partial charge in [0.05, 0.1) is 0 Å². The van der Waals surface area contributed by atoms with E-state index in [4.69, 9.17) is 0 Å². The van der Waals surface area contributed by atoms with Gasteiger partial charge in [-0.2, -0.15) is 0 Å². The predicted octanol–water partition coefficient (Wildman–Crippen LogP) is 4.92. The summed E-state index contributed by atoms with van der Waals surface area (Å²) in [6.45, 7) is 7.72. The van der Waals surface area contributed by atoms with Crippen molar-refractivity contribution in [1.82, 2.24) is 5.32 Å². The van der Waals surface area contributed by atoms with Crippen LogP contribution in [0.1, 0.15) is 68.2 Å². The Balaban J connectivity index is 2.03. The molecule has 1 nitrogen and oxygen atoms in total. The van der Waals surface area contributed by atoms with Crippen LogP contribution in [-0.4, -0.2) is 6.54 Å². The first-order valence-corrected chi connectivity index (χ1v) is 8.01. The van der Waals surface area contributed by atoms with Crippen LogP contribution in [0, 0.1) is 19.8 Å². The molecule has 0 saturated heterocycles. The number of hydrogen-bond acceptors (Lipinski definition) is 1. The first-order valence-electron chi connectivity index (χ1n) is 8.01. The van der Waals surface area contributed by atoms with Gasteiger partial charge < -0.3 is 5.32 Å². The maximum Gasteiger partial charge on any atom is 0.0322 e. The molecule has 1 saturated carbocycles. The van der Waals surface area contributed by atoms with Gasteiger partial charge in [0.25, 0.3) is 0 Å². The summed E-state index contributed by atoms with van der Waals surface area (Å²) in [5.74, 6) is 0.992. The molecule has 0 heterocycles. The lowest BCUT2D eigenvalue weighted by molar-refractivity contribution is 0.416. The second-order valence-electron chi connectivity index (χ2n) is 6.20. The number of hydrogen-bond donors (Lipinski definition) is 1. The van der Waals surface area contributed by atoms with Gasteiger partial charge in [-0.05, 0) is 50.3 Å². The molecule has 0 bridgehead atoms. The van der Waals surface area contributed by atoms with Crippen LogP contribution in [0.4, 0.5) is 0 Å². The Morgan fingerprint density at radius 1 is 1.21 bits per heavy atom. The molecule has 1 aromatic carbocycles. The van der Waals surface area contributed by atoms with Crippen molar-refractivity contribution in [3.8, 4) is 0 Å². The van der Waals surface area contributed by atoms with Crippen molar-refractivity contribution in [2.45, 2.75) is 65.3 Å². The third kappa shape index (κ3) is 4.07. The molecule has 0 radical (unpaired) electrons. The van der Waals surface area contributed by atoms with E-state index in [2.05, 4.69) is 44.3 Å². The molecule has 2 rings (SSSR count). The maximum atomic E-state index is 3.69. The largest absolute Gasteiger partial charge is 0.310 e. The fourth-order valence-corrected chi connectivity index (χ4v) is 3.45. The highest BCUT2D eigenvalue weighted by atomic mass is 14.9. The fraction of sp³-hybridized carbons (Fsp3) is 0.667. The van der Waals surface area contributed by atoms with Gasteiger partial charge in [-0.25, -0.2) is 0 Å². The molecule has 1 N–H and O–H groups in total. The monoisotopic (exact) mass is 259 g/mol. The highest BCUT2D eigenvalue weighted by Crippen LogP contribution is 2.32. The van der Waals surface area contributed by atoms with Crippen LogP contribution in [-0.2, 0) is 0 Å². The van der Waals surface area contributed by atoms with Gasteiger partial charge in [0.2, 0.25) is 0 Å². The number of rotatable bonds is 6. The summed E-state index contributed by atoms with van der Waals surface area (Å²) >= 11 is 0. The topological polar surface area (TPSA) is 12.0 Å². The third-order valence-corrected chi connectivity index (χ3v) is 4.60. The van der Waals surface area contributed by atoms with E-state index in [1.54, 1.807) is 0 Å². The summed E-state index contributed by atoms with van der Waals surface area (Å²) in [7, 11) is 0. The summed E-state index contributed by atoms with van der Waals surface area (Å²) in [4.78, 5) is 0. The van der Waals surface area contributed by atoms with Crippen molar-refractivity contribution in [2.75, 3.05) is 6.54 Å². The average Bonchev–Trinajstić information content (AvgIpc) is 2.91. The Morgan fingerprint density at radius 3 is 2.63 bits per heavy atom. The molecule has 1 aliphatic carbocycles. The molecule has 1 aliphatic rings. The van der Waals surface area contributed by atoms with Crippen molar-refractivity contribution < 1.29 is 0 Å². The highest BCUT2D eigenvalue weighted by molar-refractivity contribution is 5.33. The van der Waals surface area contributed by atoms with Crippen molar-refractivity contribution in [3.63, 3.8) is 0 Å². The van der Waals surface area contributed by atoms with E-state index in [9.17, 15) is 0 Å². The summed E-state index contributed by atoms with van der Waals surface area (Å²) in [6, 6.07) is 7.41. The maximum absolute atomic E-state index is 3.69. The minimum absolute atomic E-state index is 0.547. The van der Waals surface area contributed by atoms with Crippen LogP contribution < -0.4 is 5.32 Å². The zero-order valence-electron chi connectivity index (χ0n) is 12.8. The standard InChI is InChI=1S/C18H29N/c1-4-19-18(12-11-16-7-5-6-8-16)17-13-14(2)9-10-15(17)3/h9-10,13,16,18-19H,4-8,11-12H2,1-3H3. The molecule has 1 fully saturated rings. The van der Waals surface area contributed by atoms with Crippen molar-refractivity contribution >= 4 is 0 Å². The SMILES string of the molecule is CCNC(CCC1CCCC1)c1cc(C)ccc1C. The molecule has 0 aliphatic heterocycles. The summed E-state index contributed by atoms with van der Waals surface area (Å²) in [5.41, 5.74) is 4.33. The van der Waals surface area contributed by atoms with Gasteiger partial charge in [-0.1, -0.05) is 56.4 Å². The van der Waals surface area contributed by atoms with Gasteiger partial charge in [0, 0.05) is 6.04 Å². The summed E-state index contributed by atoms with van der Waals surface area (Å²) in [6.07, 6.45) is 8.53. The van der Waals surface area contributed by atoms with Crippen LogP contribution in [0.15, 0.2) is 18.2 Å². The zero-order valence-corrected chi connectivity index (χ0v) is 12.8. The van der Waals surface area contributed by atoms with Gasteiger partial charge in [-0.3, -0.25) is 0 Å². The fourth-order valence-electron chi connectivity index (χ4n) is 3.45. The van der Waals surface area contributed by atoms with Crippen molar-refractivity contribution in [2.24, 2.45) is 5.92 Å². The van der Waals surface area contributed by atoms with Crippen LogP contribution in [0.25, 0.3) is 0 Å². The zero-order chi connectivity index (χ0) is 13.7. The smallest absolute Gasteiger partial charge is 0.0322 e. The Bertz CT molecular complexity index is 391.